The summed E-state index contributed by atoms with van der Waals surface area (Å²) in [5.74, 6) is 0.857. The van der Waals surface area contributed by atoms with Crippen molar-refractivity contribution in [2.24, 2.45) is 5.92 Å². The van der Waals surface area contributed by atoms with E-state index in [0.717, 1.165) is 22.5 Å². The normalized spacial score (nSPS) is 29.1. The minimum Gasteiger partial charge on any atom is -0.391 e. The molecule has 15 heavy (non-hydrogen) atoms. The maximum absolute atomic E-state index is 9.07. The zero-order valence-corrected chi connectivity index (χ0v) is 9.89. The highest BCUT2D eigenvalue weighted by molar-refractivity contribution is 7.16. The molecule has 2 fully saturated rings. The van der Waals surface area contributed by atoms with E-state index in [2.05, 4.69) is 9.88 Å². The number of anilines is 1. The van der Waals surface area contributed by atoms with Crippen LogP contribution >= 0.6 is 22.9 Å². The first-order valence-corrected chi connectivity index (χ1v) is 6.50. The third-order valence-corrected chi connectivity index (χ3v) is 4.94. The molecule has 0 aromatic carbocycles. The van der Waals surface area contributed by atoms with Crippen molar-refractivity contribution in [3.8, 4) is 0 Å². The summed E-state index contributed by atoms with van der Waals surface area (Å²) in [5, 5.41) is 10.5. The molecular weight excluding hydrogens is 232 g/mol. The molecule has 3 rings (SSSR count). The van der Waals surface area contributed by atoms with Gasteiger partial charge in [0.25, 0.3) is 0 Å². The highest BCUT2D eigenvalue weighted by atomic mass is 35.5. The second kappa shape index (κ2) is 3.61. The van der Waals surface area contributed by atoms with Crippen molar-refractivity contribution in [2.75, 3.05) is 11.4 Å². The fourth-order valence-electron chi connectivity index (χ4n) is 2.70. The second-order valence-corrected chi connectivity index (χ2v) is 5.77. The number of aliphatic hydroxyl groups is 1. The van der Waals surface area contributed by atoms with Crippen LogP contribution in [0.1, 0.15) is 24.1 Å². The average Bonchev–Trinajstić information content (AvgIpc) is 2.90. The van der Waals surface area contributed by atoms with Crippen LogP contribution in [0.5, 0.6) is 0 Å². The van der Waals surface area contributed by atoms with Gasteiger partial charge in [-0.2, -0.15) is 0 Å². The van der Waals surface area contributed by atoms with Crippen LogP contribution < -0.4 is 4.90 Å². The van der Waals surface area contributed by atoms with Gasteiger partial charge in [0.05, 0.1) is 11.5 Å². The number of hydrogen-bond donors (Lipinski definition) is 1. The molecular formula is C10H13ClN2OS. The smallest absolute Gasteiger partial charge is 0.187 e. The zero-order chi connectivity index (χ0) is 10.4. The quantitative estimate of drug-likeness (QED) is 0.867. The van der Waals surface area contributed by atoms with Crippen molar-refractivity contribution in [1.82, 2.24) is 4.98 Å². The molecule has 1 aromatic heterocycles. The van der Waals surface area contributed by atoms with Gasteiger partial charge in [-0.25, -0.2) is 4.98 Å². The van der Waals surface area contributed by atoms with Crippen LogP contribution in [-0.2, 0) is 6.61 Å². The van der Waals surface area contributed by atoms with Crippen LogP contribution in [0.25, 0.3) is 0 Å². The highest BCUT2D eigenvalue weighted by Gasteiger charge is 2.39. The Bertz CT molecular complexity index is 381. The number of aromatic nitrogens is 1. The Balaban J connectivity index is 1.87. The zero-order valence-electron chi connectivity index (χ0n) is 8.32. The van der Waals surface area contributed by atoms with Gasteiger partial charge in [-0.1, -0.05) is 22.9 Å². The van der Waals surface area contributed by atoms with Gasteiger partial charge in [0.2, 0.25) is 0 Å². The van der Waals surface area contributed by atoms with Crippen LogP contribution in [0.3, 0.4) is 0 Å². The van der Waals surface area contributed by atoms with Crippen molar-refractivity contribution in [3.63, 3.8) is 0 Å². The molecule has 2 atom stereocenters. The number of halogens is 1. The molecule has 0 amide bonds. The Morgan fingerprint density at radius 1 is 1.53 bits per heavy atom. The summed E-state index contributed by atoms with van der Waals surface area (Å²) in [6.07, 6.45) is 3.97. The lowest BCUT2D eigenvalue weighted by atomic mass is 10.1. The molecule has 1 saturated carbocycles. The van der Waals surface area contributed by atoms with Gasteiger partial charge in [0.1, 0.15) is 5.15 Å². The molecule has 1 saturated heterocycles. The minimum absolute atomic E-state index is 0.00155. The Labute approximate surface area is 97.7 Å². The van der Waals surface area contributed by atoms with E-state index in [-0.39, 0.29) is 6.61 Å². The topological polar surface area (TPSA) is 36.4 Å². The third-order valence-electron chi connectivity index (χ3n) is 3.44. The first-order chi connectivity index (χ1) is 7.28. The summed E-state index contributed by atoms with van der Waals surface area (Å²) >= 11 is 7.47. The van der Waals surface area contributed by atoms with E-state index < -0.39 is 0 Å². The molecule has 0 radical (unpaired) electrons. The second-order valence-electron chi connectivity index (χ2n) is 4.35. The Kier molecular flexibility index (Phi) is 2.38. The van der Waals surface area contributed by atoms with E-state index in [0.29, 0.717) is 11.2 Å². The van der Waals surface area contributed by atoms with Crippen molar-refractivity contribution in [2.45, 2.75) is 31.9 Å². The van der Waals surface area contributed by atoms with E-state index in [1.807, 2.05) is 0 Å². The Morgan fingerprint density at radius 3 is 2.93 bits per heavy atom. The van der Waals surface area contributed by atoms with Crippen LogP contribution in [-0.4, -0.2) is 22.7 Å². The van der Waals surface area contributed by atoms with E-state index in [1.54, 1.807) is 0 Å². The molecule has 2 bridgehead atoms. The summed E-state index contributed by atoms with van der Waals surface area (Å²) in [4.78, 5) is 7.48. The number of rotatable bonds is 2. The number of aliphatic hydroxyl groups excluding tert-OH is 1. The largest absolute Gasteiger partial charge is 0.391 e. The van der Waals surface area contributed by atoms with Gasteiger partial charge >= 0.3 is 0 Å². The van der Waals surface area contributed by atoms with Crippen LogP contribution in [0.15, 0.2) is 0 Å². The van der Waals surface area contributed by atoms with Gasteiger partial charge < -0.3 is 10.0 Å². The SMILES string of the molecule is OCc1sc(N2CC3CCC2C3)nc1Cl. The average molecular weight is 245 g/mol. The lowest BCUT2D eigenvalue weighted by Gasteiger charge is -2.26. The standard InChI is InChI=1S/C10H13ClN2OS/c11-9-8(5-14)15-10(12-9)13-4-6-1-2-7(13)3-6/h6-7,14H,1-5H2. The summed E-state index contributed by atoms with van der Waals surface area (Å²) in [5.41, 5.74) is 0. The molecule has 1 aromatic rings. The molecule has 2 heterocycles. The number of nitrogens with zero attached hydrogens (tertiary/aromatic N) is 2. The summed E-state index contributed by atoms with van der Waals surface area (Å²) < 4.78 is 0. The Morgan fingerprint density at radius 2 is 2.40 bits per heavy atom. The van der Waals surface area contributed by atoms with Gasteiger partial charge in [-0.3, -0.25) is 0 Å². The molecule has 1 N–H and O–H groups in total. The van der Waals surface area contributed by atoms with Crippen LogP contribution in [0.2, 0.25) is 5.15 Å². The molecule has 82 valence electrons. The molecule has 1 aliphatic heterocycles. The molecule has 0 spiro atoms. The first kappa shape index (κ1) is 9.87. The fourth-order valence-corrected chi connectivity index (χ4v) is 3.90. The predicted molar refractivity (Wildman–Crippen MR) is 61.5 cm³/mol. The number of fused-ring (bicyclic) bond motifs is 2. The maximum Gasteiger partial charge on any atom is 0.187 e. The highest BCUT2D eigenvalue weighted by Crippen LogP contribution is 2.42. The maximum atomic E-state index is 9.07. The van der Waals surface area contributed by atoms with E-state index >= 15 is 0 Å². The predicted octanol–water partition coefficient (Wildman–Crippen LogP) is 2.28. The Hall–Kier alpha value is -0.320. The van der Waals surface area contributed by atoms with Crippen LogP contribution in [0, 0.1) is 5.92 Å². The van der Waals surface area contributed by atoms with Crippen molar-refractivity contribution >= 4 is 28.1 Å². The van der Waals surface area contributed by atoms with Crippen molar-refractivity contribution < 1.29 is 5.11 Å². The van der Waals surface area contributed by atoms with Gasteiger partial charge in [0, 0.05) is 12.6 Å². The fraction of sp³-hybridized carbons (Fsp3) is 0.700. The van der Waals surface area contributed by atoms with Gasteiger partial charge in [0.15, 0.2) is 5.13 Å². The summed E-state index contributed by atoms with van der Waals surface area (Å²) in [6.45, 7) is 1.12. The molecule has 1 aliphatic carbocycles. The number of thiazole rings is 1. The molecule has 2 aliphatic rings. The molecule has 2 unspecified atom stereocenters. The number of hydrogen-bond acceptors (Lipinski definition) is 4. The van der Waals surface area contributed by atoms with E-state index in [4.69, 9.17) is 16.7 Å². The van der Waals surface area contributed by atoms with Crippen molar-refractivity contribution in [3.05, 3.63) is 10.0 Å². The lowest BCUT2D eigenvalue weighted by Crippen LogP contribution is -2.31. The van der Waals surface area contributed by atoms with Crippen LogP contribution in [0.4, 0.5) is 5.13 Å². The minimum atomic E-state index is -0.00155. The van der Waals surface area contributed by atoms with E-state index in [1.165, 1.54) is 30.6 Å². The number of piperidine rings is 1. The third kappa shape index (κ3) is 1.55. The monoisotopic (exact) mass is 244 g/mol. The summed E-state index contributed by atoms with van der Waals surface area (Å²) in [7, 11) is 0. The lowest BCUT2D eigenvalue weighted by molar-refractivity contribution is 0.285. The summed E-state index contributed by atoms with van der Waals surface area (Å²) in [6, 6.07) is 0.670. The van der Waals surface area contributed by atoms with E-state index in [9.17, 15) is 0 Å². The van der Waals surface area contributed by atoms with Gasteiger partial charge in [-0.05, 0) is 25.2 Å². The molecule has 5 heteroatoms. The van der Waals surface area contributed by atoms with Gasteiger partial charge in [-0.15, -0.1) is 0 Å². The molecule has 3 nitrogen and oxygen atoms in total. The first-order valence-electron chi connectivity index (χ1n) is 5.30. The van der Waals surface area contributed by atoms with Crippen molar-refractivity contribution in [1.29, 1.82) is 0 Å².